The molecule has 0 saturated heterocycles. The van der Waals surface area contributed by atoms with Gasteiger partial charge in [-0.1, -0.05) is 45.7 Å². The van der Waals surface area contributed by atoms with Gasteiger partial charge in [0.25, 0.3) is 0 Å². The number of hydrazone groups is 1. The Balaban J connectivity index is 2.47. The number of nitrogens with zero attached hydrogens (tertiary/aromatic N) is 3. The summed E-state index contributed by atoms with van der Waals surface area (Å²) in [6.45, 7) is 15.0. The van der Waals surface area contributed by atoms with Crippen molar-refractivity contribution in [2.75, 3.05) is 7.11 Å². The lowest BCUT2D eigenvalue weighted by atomic mass is 9.95. The summed E-state index contributed by atoms with van der Waals surface area (Å²) in [5.74, 6) is 0.516. The first kappa shape index (κ1) is 26.9. The summed E-state index contributed by atoms with van der Waals surface area (Å²) in [5, 5.41) is 4.47. The van der Waals surface area contributed by atoms with Gasteiger partial charge in [-0.3, -0.25) is 0 Å². The number of methoxy groups -OCH3 is 1. The van der Waals surface area contributed by atoms with E-state index in [-0.39, 0.29) is 5.41 Å². The minimum Gasteiger partial charge on any atom is -0.494 e. The lowest BCUT2D eigenvalue weighted by Gasteiger charge is -2.18. The zero-order valence-corrected chi connectivity index (χ0v) is 22.4. The van der Waals surface area contributed by atoms with E-state index in [1.54, 1.807) is 51.4 Å². The highest BCUT2D eigenvalue weighted by Crippen LogP contribution is 2.34. The van der Waals surface area contributed by atoms with E-state index in [1.807, 2.05) is 0 Å². The van der Waals surface area contributed by atoms with E-state index < -0.39 is 11.7 Å². The number of hydrogen-bond donors (Lipinski definition) is 1. The largest absolute Gasteiger partial charge is 0.494 e. The molecule has 0 unspecified atom stereocenters. The summed E-state index contributed by atoms with van der Waals surface area (Å²) in [4.78, 5) is 18.9. The first-order valence-electron chi connectivity index (χ1n) is 11.0. The van der Waals surface area contributed by atoms with Crippen molar-refractivity contribution in [3.05, 3.63) is 38.6 Å². The van der Waals surface area contributed by atoms with Gasteiger partial charge >= 0.3 is 6.09 Å². The number of aromatic nitrogens is 1. The van der Waals surface area contributed by atoms with E-state index in [0.717, 1.165) is 24.2 Å². The van der Waals surface area contributed by atoms with Gasteiger partial charge in [0.2, 0.25) is 0 Å². The molecule has 0 spiro atoms. The summed E-state index contributed by atoms with van der Waals surface area (Å²) in [6, 6.07) is 3.47. The number of carbonyl (C=O) groups is 1. The van der Waals surface area contributed by atoms with Crippen LogP contribution in [0, 0.1) is 0 Å². The Kier molecular flexibility index (Phi) is 9.14. The SMILES string of the molecule is CCCCn1cc(C(C)(C)C)sc1=Nc1cc(Cl)cc(C=NNC(=O)OC(C)(C)C)c1OC. The van der Waals surface area contributed by atoms with E-state index in [2.05, 4.69) is 49.0 Å². The molecule has 0 saturated carbocycles. The van der Waals surface area contributed by atoms with Crippen LogP contribution in [0.15, 0.2) is 28.4 Å². The van der Waals surface area contributed by atoms with Gasteiger partial charge in [0.05, 0.1) is 13.3 Å². The third-order valence-electron chi connectivity index (χ3n) is 4.45. The lowest BCUT2D eigenvalue weighted by molar-refractivity contribution is 0.0529. The molecular formula is C24H35ClN4O3S. The van der Waals surface area contributed by atoms with Gasteiger partial charge in [-0.2, -0.15) is 5.10 Å². The fourth-order valence-corrected chi connectivity index (χ4v) is 4.17. The van der Waals surface area contributed by atoms with Crippen molar-refractivity contribution in [2.24, 2.45) is 10.1 Å². The number of aryl methyl sites for hydroxylation is 1. The topological polar surface area (TPSA) is 77.2 Å². The monoisotopic (exact) mass is 494 g/mol. The molecule has 0 aliphatic carbocycles. The van der Waals surface area contributed by atoms with E-state index >= 15 is 0 Å². The number of thiazole rings is 1. The van der Waals surface area contributed by atoms with Crippen LogP contribution in [-0.4, -0.2) is 29.6 Å². The Morgan fingerprint density at radius 2 is 1.94 bits per heavy atom. The Morgan fingerprint density at radius 1 is 1.24 bits per heavy atom. The van der Waals surface area contributed by atoms with Crippen molar-refractivity contribution < 1.29 is 14.3 Å². The van der Waals surface area contributed by atoms with E-state index in [1.165, 1.54) is 11.1 Å². The molecule has 1 aromatic heterocycles. The standard InChI is InChI=1S/C24H35ClN4O3S/c1-9-10-11-29-15-19(23(2,3)4)33-21(29)27-18-13-17(25)12-16(20(18)31-8)14-26-28-22(30)32-24(5,6)7/h12-15H,9-11H2,1-8H3,(H,28,30). The summed E-state index contributed by atoms with van der Waals surface area (Å²) in [6.07, 6.45) is 5.17. The Hall–Kier alpha value is -2.32. The van der Waals surface area contributed by atoms with Crippen molar-refractivity contribution >= 4 is 40.9 Å². The highest BCUT2D eigenvalue weighted by Gasteiger charge is 2.19. The summed E-state index contributed by atoms with van der Waals surface area (Å²) >= 11 is 8.04. The van der Waals surface area contributed by atoms with E-state index in [0.29, 0.717) is 22.0 Å². The number of amides is 1. The molecule has 0 radical (unpaired) electrons. The smallest absolute Gasteiger partial charge is 0.428 e. The number of rotatable bonds is 7. The predicted molar refractivity (Wildman–Crippen MR) is 136 cm³/mol. The third-order valence-corrected chi connectivity index (χ3v) is 6.12. The van der Waals surface area contributed by atoms with Gasteiger partial charge in [0.15, 0.2) is 10.6 Å². The van der Waals surface area contributed by atoms with Crippen molar-refractivity contribution in [1.82, 2.24) is 9.99 Å². The molecule has 2 aromatic rings. The van der Waals surface area contributed by atoms with Crippen LogP contribution in [0.3, 0.4) is 0 Å². The van der Waals surface area contributed by atoms with Crippen LogP contribution in [0.4, 0.5) is 10.5 Å². The fraction of sp³-hybridized carbons (Fsp3) is 0.542. The average Bonchev–Trinajstić information content (AvgIpc) is 3.08. The van der Waals surface area contributed by atoms with Gasteiger partial charge in [0, 0.05) is 28.2 Å². The highest BCUT2D eigenvalue weighted by molar-refractivity contribution is 7.09. The van der Waals surface area contributed by atoms with Gasteiger partial charge in [-0.15, -0.1) is 11.3 Å². The minimum absolute atomic E-state index is 0.0238. The van der Waals surface area contributed by atoms with E-state index in [9.17, 15) is 4.79 Å². The minimum atomic E-state index is -0.644. The second kappa shape index (κ2) is 11.2. The molecule has 1 amide bonds. The molecule has 0 aliphatic rings. The molecule has 0 fully saturated rings. The van der Waals surface area contributed by atoms with Crippen LogP contribution < -0.4 is 15.0 Å². The molecule has 0 bridgehead atoms. The molecule has 1 aromatic carbocycles. The first-order chi connectivity index (χ1) is 15.3. The number of carbonyl (C=O) groups excluding carboxylic acids is 1. The molecule has 1 heterocycles. The zero-order chi connectivity index (χ0) is 24.8. The summed E-state index contributed by atoms with van der Waals surface area (Å²) < 4.78 is 13.0. The van der Waals surface area contributed by atoms with E-state index in [4.69, 9.17) is 26.1 Å². The number of benzene rings is 1. The normalized spacial score (nSPS) is 12.9. The molecule has 33 heavy (non-hydrogen) atoms. The number of hydrogen-bond acceptors (Lipinski definition) is 6. The second-order valence-electron chi connectivity index (χ2n) is 9.71. The van der Waals surface area contributed by atoms with Gasteiger partial charge in [-0.25, -0.2) is 15.2 Å². The molecule has 182 valence electrons. The Morgan fingerprint density at radius 3 is 2.52 bits per heavy atom. The van der Waals surface area contributed by atoms with Crippen molar-refractivity contribution in [3.8, 4) is 5.75 Å². The zero-order valence-electron chi connectivity index (χ0n) is 20.8. The first-order valence-corrected chi connectivity index (χ1v) is 12.2. The molecule has 2 rings (SSSR count). The number of nitrogens with one attached hydrogen (secondary N) is 1. The highest BCUT2D eigenvalue weighted by atomic mass is 35.5. The quantitative estimate of drug-likeness (QED) is 0.357. The molecule has 9 heteroatoms. The predicted octanol–water partition coefficient (Wildman–Crippen LogP) is 6.40. The molecular weight excluding hydrogens is 460 g/mol. The van der Waals surface area contributed by atoms with Crippen molar-refractivity contribution in [2.45, 2.75) is 78.9 Å². The van der Waals surface area contributed by atoms with Gasteiger partial charge < -0.3 is 14.0 Å². The number of unbranched alkanes of at least 4 members (excludes halogenated alkanes) is 1. The molecule has 0 atom stereocenters. The Labute approximate surface area is 205 Å². The molecule has 1 N–H and O–H groups in total. The maximum absolute atomic E-state index is 11.9. The van der Waals surface area contributed by atoms with Crippen LogP contribution in [0.5, 0.6) is 5.75 Å². The second-order valence-corrected chi connectivity index (χ2v) is 11.2. The Bertz CT molecular complexity index is 1060. The van der Waals surface area contributed by atoms with Crippen LogP contribution >= 0.6 is 22.9 Å². The number of halogens is 1. The van der Waals surface area contributed by atoms with Crippen LogP contribution in [0.2, 0.25) is 5.02 Å². The van der Waals surface area contributed by atoms with Crippen LogP contribution in [0.1, 0.15) is 71.7 Å². The third kappa shape index (κ3) is 8.19. The maximum Gasteiger partial charge on any atom is 0.428 e. The van der Waals surface area contributed by atoms with Crippen LogP contribution in [-0.2, 0) is 16.7 Å². The van der Waals surface area contributed by atoms with Gasteiger partial charge in [0.1, 0.15) is 11.3 Å². The van der Waals surface area contributed by atoms with Gasteiger partial charge in [-0.05, 0) is 44.7 Å². The van der Waals surface area contributed by atoms with Crippen molar-refractivity contribution in [1.29, 1.82) is 0 Å². The molecule has 0 aliphatic heterocycles. The maximum atomic E-state index is 11.9. The summed E-state index contributed by atoms with van der Waals surface area (Å²) in [5.41, 5.74) is 2.95. The average molecular weight is 495 g/mol. The number of ether oxygens (including phenoxy) is 2. The summed E-state index contributed by atoms with van der Waals surface area (Å²) in [7, 11) is 1.57. The fourth-order valence-electron chi connectivity index (χ4n) is 2.86. The van der Waals surface area contributed by atoms with Crippen LogP contribution in [0.25, 0.3) is 0 Å². The lowest BCUT2D eigenvalue weighted by Crippen LogP contribution is -2.29. The molecule has 7 nitrogen and oxygen atoms in total. The van der Waals surface area contributed by atoms with Crippen molar-refractivity contribution in [3.63, 3.8) is 0 Å².